The van der Waals surface area contributed by atoms with Crippen molar-refractivity contribution in [1.29, 1.82) is 0 Å². The molecule has 0 radical (unpaired) electrons. The van der Waals surface area contributed by atoms with Gasteiger partial charge in [0.25, 0.3) is 15.9 Å². The van der Waals surface area contributed by atoms with Crippen LogP contribution in [0.15, 0.2) is 70.3 Å². The van der Waals surface area contributed by atoms with E-state index in [4.69, 9.17) is 4.74 Å². The van der Waals surface area contributed by atoms with E-state index in [-0.39, 0.29) is 16.2 Å². The van der Waals surface area contributed by atoms with Crippen molar-refractivity contribution < 1.29 is 17.9 Å². The van der Waals surface area contributed by atoms with Gasteiger partial charge in [-0.15, -0.1) is 11.3 Å². The lowest BCUT2D eigenvalue weighted by atomic mass is 10.1. The van der Waals surface area contributed by atoms with Gasteiger partial charge in [-0.3, -0.25) is 9.52 Å². The zero-order chi connectivity index (χ0) is 20.9. The van der Waals surface area contributed by atoms with E-state index in [1.807, 2.05) is 38.1 Å². The van der Waals surface area contributed by atoms with Crippen molar-refractivity contribution in [2.45, 2.75) is 24.1 Å². The second-order valence-electron chi connectivity index (χ2n) is 6.32. The van der Waals surface area contributed by atoms with Gasteiger partial charge >= 0.3 is 0 Å². The quantitative estimate of drug-likeness (QED) is 0.553. The molecule has 29 heavy (non-hydrogen) atoms. The second-order valence-corrected chi connectivity index (χ2v) is 9.17. The van der Waals surface area contributed by atoms with Crippen LogP contribution in [0.3, 0.4) is 0 Å². The van der Waals surface area contributed by atoms with E-state index >= 15 is 0 Å². The SMILES string of the molecule is CCOc1cccc(C(C)NC(=O)c2ccc(NS(=O)(=O)c3cccs3)cc2)c1. The Hall–Kier alpha value is -2.84. The molecule has 8 heteroatoms. The van der Waals surface area contributed by atoms with Gasteiger partial charge in [-0.05, 0) is 67.3 Å². The summed E-state index contributed by atoms with van der Waals surface area (Å²) in [7, 11) is -3.61. The Morgan fingerprint density at radius 3 is 2.52 bits per heavy atom. The van der Waals surface area contributed by atoms with Gasteiger partial charge in [0.1, 0.15) is 9.96 Å². The highest BCUT2D eigenvalue weighted by atomic mass is 32.2. The number of anilines is 1. The Kier molecular flexibility index (Phi) is 6.56. The average molecular weight is 431 g/mol. The van der Waals surface area contributed by atoms with Gasteiger partial charge in [0.15, 0.2) is 0 Å². The molecule has 0 fully saturated rings. The molecule has 3 rings (SSSR count). The van der Waals surface area contributed by atoms with Crippen molar-refractivity contribution in [3.63, 3.8) is 0 Å². The van der Waals surface area contributed by atoms with Crippen LogP contribution in [-0.4, -0.2) is 20.9 Å². The molecule has 0 aliphatic carbocycles. The molecule has 152 valence electrons. The van der Waals surface area contributed by atoms with E-state index in [9.17, 15) is 13.2 Å². The van der Waals surface area contributed by atoms with Crippen molar-refractivity contribution >= 4 is 33.0 Å². The van der Waals surface area contributed by atoms with Crippen LogP contribution < -0.4 is 14.8 Å². The molecule has 1 unspecified atom stereocenters. The van der Waals surface area contributed by atoms with Gasteiger partial charge in [-0.25, -0.2) is 8.42 Å². The van der Waals surface area contributed by atoms with Gasteiger partial charge in [0.2, 0.25) is 0 Å². The molecule has 0 spiro atoms. The number of thiophene rings is 1. The Morgan fingerprint density at radius 2 is 1.86 bits per heavy atom. The minimum absolute atomic E-state index is 0.208. The molecule has 2 N–H and O–H groups in total. The zero-order valence-corrected chi connectivity index (χ0v) is 17.7. The first-order chi connectivity index (χ1) is 13.9. The normalized spacial score (nSPS) is 12.2. The summed E-state index contributed by atoms with van der Waals surface area (Å²) in [5.74, 6) is 0.514. The van der Waals surface area contributed by atoms with E-state index in [1.165, 1.54) is 6.07 Å². The van der Waals surface area contributed by atoms with Crippen LogP contribution in [-0.2, 0) is 10.0 Å². The van der Waals surface area contributed by atoms with Gasteiger partial charge in [0, 0.05) is 11.3 Å². The maximum Gasteiger partial charge on any atom is 0.271 e. The van der Waals surface area contributed by atoms with Gasteiger partial charge < -0.3 is 10.1 Å². The fourth-order valence-corrected chi connectivity index (χ4v) is 4.77. The van der Waals surface area contributed by atoms with E-state index in [0.717, 1.165) is 22.6 Å². The molecule has 0 saturated heterocycles. The number of ether oxygens (including phenoxy) is 1. The molecule has 0 bridgehead atoms. The molecule has 1 heterocycles. The van der Waals surface area contributed by atoms with Crippen LogP contribution in [0.25, 0.3) is 0 Å². The lowest BCUT2D eigenvalue weighted by Gasteiger charge is -2.16. The summed E-state index contributed by atoms with van der Waals surface area (Å²) in [5.41, 5.74) is 1.77. The number of carbonyl (C=O) groups excluding carboxylic acids is 1. The van der Waals surface area contributed by atoms with Crippen LogP contribution in [0.5, 0.6) is 5.75 Å². The summed E-state index contributed by atoms with van der Waals surface area (Å²) in [6, 6.07) is 16.9. The highest BCUT2D eigenvalue weighted by Crippen LogP contribution is 2.22. The summed E-state index contributed by atoms with van der Waals surface area (Å²) < 4.78 is 32.8. The monoisotopic (exact) mass is 430 g/mol. The third-order valence-corrected chi connectivity index (χ3v) is 6.95. The van der Waals surface area contributed by atoms with E-state index in [0.29, 0.717) is 17.9 Å². The lowest BCUT2D eigenvalue weighted by Crippen LogP contribution is -2.26. The predicted molar refractivity (Wildman–Crippen MR) is 115 cm³/mol. The van der Waals surface area contributed by atoms with Gasteiger partial charge in [0.05, 0.1) is 12.6 Å². The van der Waals surface area contributed by atoms with Crippen molar-refractivity contribution in [2.24, 2.45) is 0 Å². The molecule has 0 aliphatic rings. The molecule has 0 aliphatic heterocycles. The van der Waals surface area contributed by atoms with Gasteiger partial charge in [-0.2, -0.15) is 0 Å². The number of sulfonamides is 1. The highest BCUT2D eigenvalue weighted by Gasteiger charge is 2.16. The standard InChI is InChI=1S/C21H22N2O4S2/c1-3-27-19-7-4-6-17(14-19)15(2)22-21(24)16-9-11-18(12-10-16)23-29(25,26)20-8-5-13-28-20/h4-15,23H,3H2,1-2H3,(H,22,24). The van der Waals surface area contributed by atoms with Crippen molar-refractivity contribution in [3.05, 3.63) is 77.2 Å². The molecule has 0 saturated carbocycles. The molecule has 1 amide bonds. The molecule has 3 aromatic rings. The zero-order valence-electron chi connectivity index (χ0n) is 16.1. The van der Waals surface area contributed by atoms with E-state index < -0.39 is 10.0 Å². The van der Waals surface area contributed by atoms with Crippen LogP contribution in [0.1, 0.15) is 35.8 Å². The minimum Gasteiger partial charge on any atom is -0.494 e. The smallest absolute Gasteiger partial charge is 0.271 e. The minimum atomic E-state index is -3.61. The number of carbonyl (C=O) groups is 1. The second kappa shape index (κ2) is 9.11. The lowest BCUT2D eigenvalue weighted by molar-refractivity contribution is 0.0940. The number of nitrogens with one attached hydrogen (secondary N) is 2. The van der Waals surface area contributed by atoms with E-state index in [1.54, 1.807) is 35.7 Å². The van der Waals surface area contributed by atoms with Crippen LogP contribution >= 0.6 is 11.3 Å². The predicted octanol–water partition coefficient (Wildman–Crippen LogP) is 4.44. The molecule has 2 aromatic carbocycles. The summed E-state index contributed by atoms with van der Waals surface area (Å²) >= 11 is 1.14. The number of hydrogen-bond acceptors (Lipinski definition) is 5. The fourth-order valence-electron chi connectivity index (χ4n) is 2.72. The third kappa shape index (κ3) is 5.36. The number of rotatable bonds is 8. The topological polar surface area (TPSA) is 84.5 Å². The van der Waals surface area contributed by atoms with Crippen LogP contribution in [0.4, 0.5) is 5.69 Å². The Labute approximate surface area is 174 Å². The molecule has 1 atom stereocenters. The Bertz CT molecular complexity index is 1060. The maximum atomic E-state index is 12.5. The summed E-state index contributed by atoms with van der Waals surface area (Å²) in [6.45, 7) is 4.39. The molecular weight excluding hydrogens is 408 g/mol. The van der Waals surface area contributed by atoms with Crippen LogP contribution in [0, 0.1) is 0 Å². The first-order valence-corrected chi connectivity index (χ1v) is 11.5. The molecular formula is C21H22N2O4S2. The van der Waals surface area contributed by atoms with Crippen molar-refractivity contribution in [1.82, 2.24) is 5.32 Å². The van der Waals surface area contributed by atoms with Crippen LogP contribution in [0.2, 0.25) is 0 Å². The highest BCUT2D eigenvalue weighted by molar-refractivity contribution is 7.94. The number of benzene rings is 2. The first-order valence-electron chi connectivity index (χ1n) is 9.09. The summed E-state index contributed by atoms with van der Waals surface area (Å²) in [5, 5.41) is 4.64. The largest absolute Gasteiger partial charge is 0.494 e. The first kappa shape index (κ1) is 20.9. The van der Waals surface area contributed by atoms with Crippen molar-refractivity contribution in [2.75, 3.05) is 11.3 Å². The summed E-state index contributed by atoms with van der Waals surface area (Å²) in [4.78, 5) is 12.5. The molecule has 1 aromatic heterocycles. The number of amides is 1. The maximum absolute atomic E-state index is 12.5. The Balaban J connectivity index is 1.65. The van der Waals surface area contributed by atoms with E-state index in [2.05, 4.69) is 10.0 Å². The van der Waals surface area contributed by atoms with Gasteiger partial charge in [-0.1, -0.05) is 18.2 Å². The third-order valence-electron chi connectivity index (χ3n) is 4.18. The summed E-state index contributed by atoms with van der Waals surface area (Å²) in [6.07, 6.45) is 0. The average Bonchev–Trinajstić information content (AvgIpc) is 3.24. The molecule has 6 nitrogen and oxygen atoms in total. The Morgan fingerprint density at radius 1 is 1.10 bits per heavy atom. The fraction of sp³-hybridized carbons (Fsp3) is 0.190. The van der Waals surface area contributed by atoms with Crippen molar-refractivity contribution in [3.8, 4) is 5.75 Å². The number of hydrogen-bond donors (Lipinski definition) is 2.